The van der Waals surface area contributed by atoms with Crippen molar-refractivity contribution in [1.29, 1.82) is 0 Å². The largest absolute Gasteiger partial charge is 0.244 e. The van der Waals surface area contributed by atoms with E-state index in [0.717, 1.165) is 6.42 Å². The molecular weight excluding hydrogens is 223 g/mol. The van der Waals surface area contributed by atoms with Gasteiger partial charge >= 0.3 is 0 Å². The number of alkyl halides is 1. The monoisotopic (exact) mass is 258 g/mol. The zero-order valence-corrected chi connectivity index (χ0v) is 14.0. The van der Waals surface area contributed by atoms with Crippen LogP contribution in [0.5, 0.6) is 0 Å². The highest BCUT2D eigenvalue weighted by Crippen LogP contribution is 2.46. The van der Waals surface area contributed by atoms with Gasteiger partial charge in [0.2, 0.25) is 0 Å². The fourth-order valence-corrected chi connectivity index (χ4v) is 4.41. The van der Waals surface area contributed by atoms with E-state index in [1.54, 1.807) is 0 Å². The third-order valence-electron chi connectivity index (χ3n) is 4.72. The summed E-state index contributed by atoms with van der Waals surface area (Å²) in [6.45, 7) is 19.2. The maximum Gasteiger partial charge on any atom is 0.114 e. The van der Waals surface area contributed by atoms with Crippen molar-refractivity contribution in [2.24, 2.45) is 35.5 Å². The molecule has 0 fully saturated rings. The topological polar surface area (TPSA) is 0 Å². The molecule has 0 heterocycles. The Morgan fingerprint density at radius 1 is 0.778 bits per heavy atom. The van der Waals surface area contributed by atoms with Gasteiger partial charge in [0.25, 0.3) is 0 Å². The van der Waals surface area contributed by atoms with E-state index in [0.29, 0.717) is 23.7 Å². The summed E-state index contributed by atoms with van der Waals surface area (Å²) in [6.07, 6.45) is 1.06. The second-order valence-corrected chi connectivity index (χ2v) is 7.32. The normalized spacial score (nSPS) is 19.7. The van der Waals surface area contributed by atoms with Crippen molar-refractivity contribution in [3.8, 4) is 0 Å². The molecule has 3 unspecified atom stereocenters. The third kappa shape index (κ3) is 3.96. The van der Waals surface area contributed by atoms with Gasteiger partial charge in [-0.3, -0.25) is 0 Å². The van der Waals surface area contributed by atoms with Crippen LogP contribution in [0.25, 0.3) is 0 Å². The molecule has 0 aliphatic heterocycles. The van der Waals surface area contributed by atoms with Gasteiger partial charge in [0, 0.05) is 0 Å². The van der Waals surface area contributed by atoms with Gasteiger partial charge in [-0.15, -0.1) is 0 Å². The van der Waals surface area contributed by atoms with Crippen LogP contribution < -0.4 is 0 Å². The first-order chi connectivity index (χ1) is 8.07. The molecule has 0 amide bonds. The predicted molar refractivity (Wildman–Crippen MR) is 80.5 cm³/mol. The number of hydrogen-bond acceptors (Lipinski definition) is 0. The van der Waals surface area contributed by atoms with Crippen molar-refractivity contribution in [3.63, 3.8) is 0 Å². The summed E-state index contributed by atoms with van der Waals surface area (Å²) in [4.78, 5) is 0. The van der Waals surface area contributed by atoms with Crippen molar-refractivity contribution in [2.75, 3.05) is 0 Å². The molecule has 0 aliphatic rings. The maximum atomic E-state index is 15.6. The summed E-state index contributed by atoms with van der Waals surface area (Å²) >= 11 is 0. The average Bonchev–Trinajstić information content (AvgIpc) is 2.13. The number of hydrogen-bond donors (Lipinski definition) is 0. The molecule has 0 aromatic carbocycles. The molecule has 3 atom stereocenters. The van der Waals surface area contributed by atoms with Crippen LogP contribution in [-0.2, 0) is 0 Å². The van der Waals surface area contributed by atoms with Gasteiger partial charge in [-0.05, 0) is 42.4 Å². The zero-order valence-electron chi connectivity index (χ0n) is 14.0. The van der Waals surface area contributed by atoms with Gasteiger partial charge in [-0.1, -0.05) is 61.8 Å². The third-order valence-corrected chi connectivity index (χ3v) is 4.72. The van der Waals surface area contributed by atoms with Crippen LogP contribution in [0.4, 0.5) is 4.39 Å². The zero-order chi connectivity index (χ0) is 14.7. The molecule has 0 aromatic heterocycles. The SMILES string of the molecule is CCC(C)C(C(C)C)C(C)(F)C(C(C)C)C(C)C. The molecule has 0 radical (unpaired) electrons. The summed E-state index contributed by atoms with van der Waals surface area (Å²) in [7, 11) is 0. The number of rotatable bonds is 7. The Hall–Kier alpha value is -0.0700. The van der Waals surface area contributed by atoms with Crippen LogP contribution in [0.1, 0.15) is 68.7 Å². The van der Waals surface area contributed by atoms with Gasteiger partial charge in [-0.25, -0.2) is 4.39 Å². The lowest BCUT2D eigenvalue weighted by atomic mass is 9.63. The Kier molecular flexibility index (Phi) is 6.89. The summed E-state index contributed by atoms with van der Waals surface area (Å²) in [5.74, 6) is 1.92. The minimum Gasteiger partial charge on any atom is -0.244 e. The Labute approximate surface area is 115 Å². The van der Waals surface area contributed by atoms with Gasteiger partial charge in [-0.2, -0.15) is 0 Å². The van der Waals surface area contributed by atoms with E-state index in [-0.39, 0.29) is 11.8 Å². The van der Waals surface area contributed by atoms with E-state index in [1.807, 2.05) is 6.92 Å². The Morgan fingerprint density at radius 3 is 1.33 bits per heavy atom. The lowest BCUT2D eigenvalue weighted by Crippen LogP contribution is -2.47. The maximum absolute atomic E-state index is 15.6. The summed E-state index contributed by atoms with van der Waals surface area (Å²) < 4.78 is 15.6. The minimum absolute atomic E-state index is 0.138. The van der Waals surface area contributed by atoms with E-state index in [1.165, 1.54) is 0 Å². The lowest BCUT2D eigenvalue weighted by molar-refractivity contribution is -0.0532. The van der Waals surface area contributed by atoms with Crippen LogP contribution in [0.15, 0.2) is 0 Å². The van der Waals surface area contributed by atoms with Crippen molar-refractivity contribution in [3.05, 3.63) is 0 Å². The smallest absolute Gasteiger partial charge is 0.114 e. The summed E-state index contributed by atoms with van der Waals surface area (Å²) in [5.41, 5.74) is -1.08. The molecular formula is C17H35F. The molecule has 18 heavy (non-hydrogen) atoms. The first-order valence-electron chi connectivity index (χ1n) is 7.76. The van der Waals surface area contributed by atoms with E-state index in [9.17, 15) is 0 Å². The predicted octanol–water partition coefficient (Wildman–Crippen LogP) is 5.96. The molecule has 0 rings (SSSR count). The van der Waals surface area contributed by atoms with Gasteiger partial charge in [0.15, 0.2) is 0 Å². The van der Waals surface area contributed by atoms with E-state index in [4.69, 9.17) is 0 Å². The van der Waals surface area contributed by atoms with Crippen LogP contribution in [0, 0.1) is 35.5 Å². The standard InChI is InChI=1S/C17H35F/c1-10-14(8)16(13(6)7)17(9,18)15(11(2)3)12(4)5/h11-16H,10H2,1-9H3. The fraction of sp³-hybridized carbons (Fsp3) is 1.00. The highest BCUT2D eigenvalue weighted by Gasteiger charge is 2.47. The average molecular weight is 258 g/mol. The van der Waals surface area contributed by atoms with Gasteiger partial charge in [0.1, 0.15) is 5.67 Å². The lowest BCUT2D eigenvalue weighted by Gasteiger charge is -2.46. The molecule has 110 valence electrons. The Morgan fingerprint density at radius 2 is 1.11 bits per heavy atom. The second kappa shape index (κ2) is 6.91. The molecule has 0 nitrogen and oxygen atoms in total. The second-order valence-electron chi connectivity index (χ2n) is 7.32. The van der Waals surface area contributed by atoms with Gasteiger partial charge in [0.05, 0.1) is 0 Å². The van der Waals surface area contributed by atoms with Crippen molar-refractivity contribution in [2.45, 2.75) is 74.4 Å². The van der Waals surface area contributed by atoms with E-state index in [2.05, 4.69) is 55.4 Å². The van der Waals surface area contributed by atoms with E-state index >= 15 is 4.39 Å². The fourth-order valence-electron chi connectivity index (χ4n) is 4.41. The highest BCUT2D eigenvalue weighted by molar-refractivity contribution is 4.95. The summed E-state index contributed by atoms with van der Waals surface area (Å²) in [5, 5.41) is 0. The van der Waals surface area contributed by atoms with Crippen molar-refractivity contribution in [1.82, 2.24) is 0 Å². The minimum atomic E-state index is -1.08. The van der Waals surface area contributed by atoms with Gasteiger partial charge < -0.3 is 0 Å². The first kappa shape index (κ1) is 17.9. The molecule has 0 spiro atoms. The molecule has 0 aliphatic carbocycles. The number of halogens is 1. The van der Waals surface area contributed by atoms with Crippen molar-refractivity contribution >= 4 is 0 Å². The first-order valence-corrected chi connectivity index (χ1v) is 7.76. The Balaban J connectivity index is 5.38. The molecule has 0 saturated heterocycles. The van der Waals surface area contributed by atoms with E-state index < -0.39 is 5.67 Å². The van der Waals surface area contributed by atoms with Crippen molar-refractivity contribution < 1.29 is 4.39 Å². The molecule has 0 aromatic rings. The quantitative estimate of drug-likeness (QED) is 0.528. The van der Waals surface area contributed by atoms with Crippen LogP contribution in [0.3, 0.4) is 0 Å². The highest BCUT2D eigenvalue weighted by atomic mass is 19.1. The van der Waals surface area contributed by atoms with Crippen LogP contribution in [-0.4, -0.2) is 5.67 Å². The van der Waals surface area contributed by atoms with Crippen LogP contribution >= 0.6 is 0 Å². The van der Waals surface area contributed by atoms with Crippen LogP contribution in [0.2, 0.25) is 0 Å². The molecule has 0 N–H and O–H groups in total. The molecule has 0 bridgehead atoms. The Bertz CT molecular complexity index is 220. The molecule has 1 heteroatoms. The molecule has 0 saturated carbocycles. The summed E-state index contributed by atoms with van der Waals surface area (Å²) in [6, 6.07) is 0.